The molecule has 2 N–H and O–H groups in total. The van der Waals surface area contributed by atoms with Gasteiger partial charge in [-0.3, -0.25) is 4.79 Å². The zero-order valence-electron chi connectivity index (χ0n) is 10.3. The minimum atomic E-state index is -0.0752. The van der Waals surface area contributed by atoms with E-state index in [1.807, 2.05) is 39.0 Å². The molecule has 0 aliphatic rings. The molecule has 4 heteroatoms. The maximum Gasteiger partial charge on any atom is 0.251 e. The number of aliphatic hydroxyl groups is 1. The Kier molecular flexibility index (Phi) is 5.39. The topological polar surface area (TPSA) is 49.3 Å². The van der Waals surface area contributed by atoms with Gasteiger partial charge in [0.2, 0.25) is 0 Å². The van der Waals surface area contributed by atoms with Crippen molar-refractivity contribution in [2.75, 3.05) is 6.61 Å². The summed E-state index contributed by atoms with van der Waals surface area (Å²) >= 11 is 2.22. The minimum Gasteiger partial charge on any atom is -0.396 e. The monoisotopic (exact) mass is 347 g/mol. The summed E-state index contributed by atoms with van der Waals surface area (Å²) < 4.78 is 1.08. The molecule has 0 spiro atoms. The van der Waals surface area contributed by atoms with Crippen LogP contribution in [0.5, 0.6) is 0 Å². The van der Waals surface area contributed by atoms with Gasteiger partial charge in [0.15, 0.2) is 0 Å². The van der Waals surface area contributed by atoms with Crippen LogP contribution in [0.2, 0.25) is 0 Å². The van der Waals surface area contributed by atoms with Crippen LogP contribution in [0.15, 0.2) is 18.2 Å². The van der Waals surface area contributed by atoms with Crippen molar-refractivity contribution >= 4 is 28.5 Å². The molecule has 1 amide bonds. The number of halogens is 1. The number of carbonyl (C=O) groups is 1. The summed E-state index contributed by atoms with van der Waals surface area (Å²) in [5.41, 5.74) is 1.70. The van der Waals surface area contributed by atoms with Crippen LogP contribution in [-0.4, -0.2) is 23.7 Å². The highest BCUT2D eigenvalue weighted by Gasteiger charge is 2.16. The zero-order valence-corrected chi connectivity index (χ0v) is 12.5. The van der Waals surface area contributed by atoms with E-state index in [0.717, 1.165) is 9.13 Å². The lowest BCUT2D eigenvalue weighted by Gasteiger charge is -2.20. The number of amides is 1. The van der Waals surface area contributed by atoms with E-state index < -0.39 is 0 Å². The van der Waals surface area contributed by atoms with Crippen LogP contribution in [-0.2, 0) is 0 Å². The minimum absolute atomic E-state index is 0.0373. The van der Waals surface area contributed by atoms with Gasteiger partial charge < -0.3 is 10.4 Å². The van der Waals surface area contributed by atoms with E-state index in [4.69, 9.17) is 5.11 Å². The van der Waals surface area contributed by atoms with Crippen LogP contribution in [0.4, 0.5) is 0 Å². The van der Waals surface area contributed by atoms with Crippen molar-refractivity contribution in [3.8, 4) is 0 Å². The van der Waals surface area contributed by atoms with Crippen molar-refractivity contribution < 1.29 is 9.90 Å². The van der Waals surface area contributed by atoms with Crippen molar-refractivity contribution in [2.45, 2.75) is 26.8 Å². The molecule has 1 aromatic carbocycles. The predicted octanol–water partition coefficient (Wildman–Crippen LogP) is 2.35. The van der Waals surface area contributed by atoms with E-state index in [0.29, 0.717) is 5.56 Å². The third-order valence-electron chi connectivity index (χ3n) is 3.01. The Balaban J connectivity index is 2.80. The first-order valence-electron chi connectivity index (χ1n) is 5.64. The second-order valence-corrected chi connectivity index (χ2v) is 5.50. The number of hydrogen-bond acceptors (Lipinski definition) is 2. The number of hydrogen-bond donors (Lipinski definition) is 2. The molecule has 0 aliphatic carbocycles. The summed E-state index contributed by atoms with van der Waals surface area (Å²) in [6.45, 7) is 5.83. The van der Waals surface area contributed by atoms with Gasteiger partial charge >= 0.3 is 0 Å². The van der Waals surface area contributed by atoms with E-state index >= 15 is 0 Å². The van der Waals surface area contributed by atoms with Crippen LogP contribution in [0.1, 0.15) is 29.8 Å². The summed E-state index contributed by atoms with van der Waals surface area (Å²) in [5.74, 6) is -0.0177. The number of nitrogens with one attached hydrogen (secondary N) is 1. The summed E-state index contributed by atoms with van der Waals surface area (Å²) in [6.07, 6.45) is 0. The summed E-state index contributed by atoms with van der Waals surface area (Å²) in [5, 5.41) is 11.9. The molecule has 3 nitrogen and oxygen atoms in total. The van der Waals surface area contributed by atoms with Crippen molar-refractivity contribution in [3.05, 3.63) is 32.9 Å². The predicted molar refractivity (Wildman–Crippen MR) is 77.1 cm³/mol. The van der Waals surface area contributed by atoms with Gasteiger partial charge in [0.1, 0.15) is 0 Å². The van der Waals surface area contributed by atoms with Gasteiger partial charge in [-0.1, -0.05) is 13.0 Å². The second-order valence-electron chi connectivity index (χ2n) is 4.33. The zero-order chi connectivity index (χ0) is 13.0. The average Bonchev–Trinajstić information content (AvgIpc) is 2.31. The number of benzene rings is 1. The number of rotatable bonds is 4. The third kappa shape index (κ3) is 3.67. The SMILES string of the molecule is Cc1c(I)cccc1C(=O)NC(C)C(C)CO. The molecule has 0 aliphatic heterocycles. The van der Waals surface area contributed by atoms with E-state index in [9.17, 15) is 4.79 Å². The lowest BCUT2D eigenvalue weighted by Crippen LogP contribution is -2.38. The molecule has 0 saturated heterocycles. The van der Waals surface area contributed by atoms with Gasteiger partial charge in [-0.15, -0.1) is 0 Å². The van der Waals surface area contributed by atoms with Gasteiger partial charge in [-0.25, -0.2) is 0 Å². The Morgan fingerprint density at radius 3 is 2.71 bits per heavy atom. The first-order valence-corrected chi connectivity index (χ1v) is 6.72. The Morgan fingerprint density at radius 1 is 1.47 bits per heavy atom. The highest BCUT2D eigenvalue weighted by molar-refractivity contribution is 14.1. The third-order valence-corrected chi connectivity index (χ3v) is 4.18. The summed E-state index contributed by atoms with van der Waals surface area (Å²) in [6, 6.07) is 5.64. The molecule has 17 heavy (non-hydrogen) atoms. The number of carbonyl (C=O) groups excluding carboxylic acids is 1. The lowest BCUT2D eigenvalue weighted by molar-refractivity contribution is 0.0915. The highest BCUT2D eigenvalue weighted by atomic mass is 127. The van der Waals surface area contributed by atoms with Crippen molar-refractivity contribution in [2.24, 2.45) is 5.92 Å². The number of aliphatic hydroxyl groups excluding tert-OH is 1. The molecule has 1 aromatic rings. The Morgan fingerprint density at radius 2 is 2.12 bits per heavy atom. The lowest BCUT2D eigenvalue weighted by atomic mass is 10.0. The molecule has 1 rings (SSSR count). The van der Waals surface area contributed by atoms with E-state index in [1.165, 1.54) is 0 Å². The Bertz CT molecular complexity index is 406. The van der Waals surface area contributed by atoms with Crippen molar-refractivity contribution in [3.63, 3.8) is 0 Å². The molecule has 94 valence electrons. The maximum absolute atomic E-state index is 12.1. The van der Waals surface area contributed by atoms with Crippen LogP contribution < -0.4 is 5.32 Å². The second kappa shape index (κ2) is 6.35. The van der Waals surface area contributed by atoms with Gasteiger partial charge in [-0.05, 0) is 60.1 Å². The van der Waals surface area contributed by atoms with Crippen LogP contribution >= 0.6 is 22.6 Å². The molecule has 0 heterocycles. The molecule has 2 atom stereocenters. The smallest absolute Gasteiger partial charge is 0.251 e. The molecule has 0 aromatic heterocycles. The van der Waals surface area contributed by atoms with E-state index in [1.54, 1.807) is 0 Å². The van der Waals surface area contributed by atoms with Crippen LogP contribution in [0.25, 0.3) is 0 Å². The molecule has 0 radical (unpaired) electrons. The Hall–Kier alpha value is -0.620. The molecule has 0 saturated carbocycles. The summed E-state index contributed by atoms with van der Waals surface area (Å²) in [7, 11) is 0. The van der Waals surface area contributed by atoms with E-state index in [2.05, 4.69) is 27.9 Å². The highest BCUT2D eigenvalue weighted by Crippen LogP contribution is 2.16. The standard InChI is InChI=1S/C13H18INO2/c1-8(7-16)10(3)15-13(17)11-5-4-6-12(14)9(11)2/h4-6,8,10,16H,7H2,1-3H3,(H,15,17). The van der Waals surface area contributed by atoms with Crippen LogP contribution in [0, 0.1) is 16.4 Å². The van der Waals surface area contributed by atoms with Gasteiger partial charge in [0.25, 0.3) is 5.91 Å². The molecule has 0 bridgehead atoms. The first kappa shape index (κ1) is 14.4. The van der Waals surface area contributed by atoms with E-state index in [-0.39, 0.29) is 24.5 Å². The van der Waals surface area contributed by atoms with Gasteiger partial charge in [0, 0.05) is 21.8 Å². The molecule has 2 unspecified atom stereocenters. The molecular formula is C13H18INO2. The quantitative estimate of drug-likeness (QED) is 0.822. The average molecular weight is 347 g/mol. The molecule has 0 fully saturated rings. The fraction of sp³-hybridized carbons (Fsp3) is 0.462. The Labute approximate surface area is 116 Å². The fourth-order valence-electron chi connectivity index (χ4n) is 1.44. The first-order chi connectivity index (χ1) is 7.97. The fourth-order valence-corrected chi connectivity index (χ4v) is 1.94. The van der Waals surface area contributed by atoms with Gasteiger partial charge in [0.05, 0.1) is 0 Å². The van der Waals surface area contributed by atoms with Gasteiger partial charge in [-0.2, -0.15) is 0 Å². The maximum atomic E-state index is 12.1. The van der Waals surface area contributed by atoms with Crippen molar-refractivity contribution in [1.29, 1.82) is 0 Å². The van der Waals surface area contributed by atoms with Crippen molar-refractivity contribution in [1.82, 2.24) is 5.32 Å². The normalized spacial score (nSPS) is 14.2. The largest absolute Gasteiger partial charge is 0.396 e. The summed E-state index contributed by atoms with van der Waals surface area (Å²) in [4.78, 5) is 12.1. The van der Waals surface area contributed by atoms with Crippen LogP contribution in [0.3, 0.4) is 0 Å². The molecular weight excluding hydrogens is 329 g/mol.